The molecular weight excluding hydrogens is 356 g/mol. The van der Waals surface area contributed by atoms with E-state index in [0.717, 1.165) is 53.3 Å². The van der Waals surface area contributed by atoms with Gasteiger partial charge in [-0.3, -0.25) is 4.90 Å². The van der Waals surface area contributed by atoms with Crippen LogP contribution in [-0.4, -0.2) is 46.9 Å². The van der Waals surface area contributed by atoms with E-state index >= 15 is 0 Å². The van der Waals surface area contributed by atoms with Gasteiger partial charge in [0.15, 0.2) is 23.0 Å². The van der Waals surface area contributed by atoms with Crippen molar-refractivity contribution in [3.63, 3.8) is 0 Å². The van der Waals surface area contributed by atoms with Gasteiger partial charge in [0.05, 0.1) is 28.4 Å². The molecule has 28 heavy (non-hydrogen) atoms. The van der Waals surface area contributed by atoms with E-state index in [0.29, 0.717) is 12.3 Å². The molecule has 1 atom stereocenters. The molecule has 6 heteroatoms. The molecular formula is C22H28N2O4. The molecule has 0 saturated carbocycles. The van der Waals surface area contributed by atoms with E-state index in [4.69, 9.17) is 24.7 Å². The van der Waals surface area contributed by atoms with Crippen LogP contribution in [0.3, 0.4) is 0 Å². The molecule has 1 heterocycles. The molecule has 1 aliphatic heterocycles. The van der Waals surface area contributed by atoms with E-state index in [9.17, 15) is 0 Å². The van der Waals surface area contributed by atoms with Gasteiger partial charge in [-0.2, -0.15) is 0 Å². The number of fused-ring (bicyclic) bond motifs is 2. The quantitative estimate of drug-likeness (QED) is 0.855. The van der Waals surface area contributed by atoms with E-state index in [2.05, 4.69) is 24.1 Å². The van der Waals surface area contributed by atoms with Crippen LogP contribution in [0.5, 0.6) is 23.0 Å². The van der Waals surface area contributed by atoms with Gasteiger partial charge < -0.3 is 24.7 Å². The van der Waals surface area contributed by atoms with Crippen molar-refractivity contribution in [3.8, 4) is 34.1 Å². The SMILES string of the molecule is COc1cc2c(cc1OC)-c1c(OC)c(OC)c(CN)c3c1[C@H](C2)N(C)CC3. The summed E-state index contributed by atoms with van der Waals surface area (Å²) in [5, 5.41) is 0. The standard InChI is InChI=1S/C22H28N2O4/c1-24-7-6-13-15(11-23)21(27-4)22(28-5)20-14-10-18(26-3)17(25-2)9-12(14)8-16(24)19(13)20/h9-10,16H,6-8,11,23H2,1-5H3/t16-/m0/s1. The summed E-state index contributed by atoms with van der Waals surface area (Å²) in [5.74, 6) is 2.94. The number of nitrogens with two attached hydrogens (primary N) is 1. The van der Waals surface area contributed by atoms with E-state index in [1.165, 1.54) is 16.7 Å². The minimum atomic E-state index is 0.273. The van der Waals surface area contributed by atoms with Crippen LogP contribution in [0.15, 0.2) is 12.1 Å². The summed E-state index contributed by atoms with van der Waals surface area (Å²) in [6.07, 6.45) is 1.86. The molecule has 0 radical (unpaired) electrons. The first-order valence-corrected chi connectivity index (χ1v) is 9.54. The summed E-state index contributed by atoms with van der Waals surface area (Å²) in [4.78, 5) is 2.41. The first-order chi connectivity index (χ1) is 13.6. The Kier molecular flexibility index (Phi) is 4.85. The lowest BCUT2D eigenvalue weighted by molar-refractivity contribution is 0.225. The predicted octanol–water partition coefficient (Wildman–Crippen LogP) is 2.93. The molecule has 2 N–H and O–H groups in total. The largest absolute Gasteiger partial charge is 0.493 e. The molecule has 0 amide bonds. The third kappa shape index (κ3) is 2.55. The topological polar surface area (TPSA) is 66.2 Å². The van der Waals surface area contributed by atoms with Crippen molar-refractivity contribution in [3.05, 3.63) is 34.4 Å². The highest BCUT2D eigenvalue weighted by Gasteiger charge is 2.38. The van der Waals surface area contributed by atoms with Gasteiger partial charge in [-0.05, 0) is 54.3 Å². The summed E-state index contributed by atoms with van der Waals surface area (Å²) in [5.41, 5.74) is 13.2. The van der Waals surface area contributed by atoms with Crippen molar-refractivity contribution in [2.75, 3.05) is 42.0 Å². The Labute approximate surface area is 166 Å². The predicted molar refractivity (Wildman–Crippen MR) is 109 cm³/mol. The van der Waals surface area contributed by atoms with E-state index < -0.39 is 0 Å². The van der Waals surface area contributed by atoms with Crippen molar-refractivity contribution in [1.82, 2.24) is 4.90 Å². The maximum absolute atomic E-state index is 6.16. The number of methoxy groups -OCH3 is 4. The summed E-state index contributed by atoms with van der Waals surface area (Å²) < 4.78 is 22.8. The Bertz CT molecular complexity index is 926. The smallest absolute Gasteiger partial charge is 0.169 e. The van der Waals surface area contributed by atoms with Crippen LogP contribution in [0.2, 0.25) is 0 Å². The number of rotatable bonds is 5. The maximum atomic E-state index is 6.16. The molecule has 150 valence electrons. The van der Waals surface area contributed by atoms with Crippen molar-refractivity contribution in [1.29, 1.82) is 0 Å². The second kappa shape index (κ2) is 7.18. The van der Waals surface area contributed by atoms with Gasteiger partial charge in [0, 0.05) is 30.3 Å². The van der Waals surface area contributed by atoms with E-state index in [1.54, 1.807) is 28.4 Å². The van der Waals surface area contributed by atoms with Gasteiger partial charge in [-0.1, -0.05) is 0 Å². The normalized spacial score (nSPS) is 17.6. The number of benzene rings is 2. The number of ether oxygens (including phenoxy) is 4. The monoisotopic (exact) mass is 384 g/mol. The van der Waals surface area contributed by atoms with Gasteiger partial charge >= 0.3 is 0 Å². The maximum Gasteiger partial charge on any atom is 0.169 e. The highest BCUT2D eigenvalue weighted by Crippen LogP contribution is 2.55. The van der Waals surface area contributed by atoms with Gasteiger partial charge in [0.25, 0.3) is 0 Å². The lowest BCUT2D eigenvalue weighted by Gasteiger charge is -2.41. The summed E-state index contributed by atoms with van der Waals surface area (Å²) in [6.45, 7) is 1.42. The Morgan fingerprint density at radius 3 is 2.29 bits per heavy atom. The number of nitrogens with zero attached hydrogens (tertiary/aromatic N) is 1. The molecule has 0 unspecified atom stereocenters. The Hall–Kier alpha value is -2.44. The molecule has 4 rings (SSSR count). The lowest BCUT2D eigenvalue weighted by atomic mass is 9.75. The fourth-order valence-electron chi connectivity index (χ4n) is 4.82. The summed E-state index contributed by atoms with van der Waals surface area (Å²) >= 11 is 0. The van der Waals surface area contributed by atoms with Crippen LogP contribution >= 0.6 is 0 Å². The zero-order valence-electron chi connectivity index (χ0n) is 17.2. The summed E-state index contributed by atoms with van der Waals surface area (Å²) in [7, 11) is 8.89. The lowest BCUT2D eigenvalue weighted by Crippen LogP contribution is -2.36. The minimum Gasteiger partial charge on any atom is -0.493 e. The molecule has 6 nitrogen and oxygen atoms in total. The minimum absolute atomic E-state index is 0.273. The van der Waals surface area contributed by atoms with Crippen LogP contribution < -0.4 is 24.7 Å². The van der Waals surface area contributed by atoms with Crippen LogP contribution in [0.4, 0.5) is 0 Å². The van der Waals surface area contributed by atoms with Gasteiger partial charge in [-0.25, -0.2) is 0 Å². The Morgan fingerprint density at radius 1 is 1.00 bits per heavy atom. The number of likely N-dealkylation sites (N-methyl/N-ethyl adjacent to an activating group) is 1. The van der Waals surface area contributed by atoms with Crippen LogP contribution in [0, 0.1) is 0 Å². The second-order valence-electron chi connectivity index (χ2n) is 7.33. The van der Waals surface area contributed by atoms with E-state index in [1.807, 2.05) is 0 Å². The third-order valence-corrected chi connectivity index (χ3v) is 6.15. The molecule has 2 aromatic rings. The van der Waals surface area contributed by atoms with E-state index in [-0.39, 0.29) is 6.04 Å². The second-order valence-corrected chi connectivity index (χ2v) is 7.33. The number of hydrogen-bond donors (Lipinski definition) is 1. The molecule has 0 saturated heterocycles. The van der Waals surface area contributed by atoms with Crippen LogP contribution in [0.25, 0.3) is 11.1 Å². The molecule has 1 aliphatic carbocycles. The third-order valence-electron chi connectivity index (χ3n) is 6.15. The van der Waals surface area contributed by atoms with Crippen molar-refractivity contribution in [2.45, 2.75) is 25.4 Å². The molecule has 0 spiro atoms. The molecule has 0 bridgehead atoms. The van der Waals surface area contributed by atoms with Crippen LogP contribution in [-0.2, 0) is 19.4 Å². The highest BCUT2D eigenvalue weighted by molar-refractivity contribution is 5.86. The van der Waals surface area contributed by atoms with Crippen molar-refractivity contribution >= 4 is 0 Å². The average Bonchev–Trinajstić information content (AvgIpc) is 2.73. The zero-order valence-corrected chi connectivity index (χ0v) is 17.2. The molecule has 0 fully saturated rings. The van der Waals surface area contributed by atoms with Gasteiger partial charge in [0.1, 0.15) is 0 Å². The van der Waals surface area contributed by atoms with Gasteiger partial charge in [-0.15, -0.1) is 0 Å². The molecule has 2 aliphatic rings. The Morgan fingerprint density at radius 2 is 1.68 bits per heavy atom. The summed E-state index contributed by atoms with van der Waals surface area (Å²) in [6, 6.07) is 4.41. The number of hydrogen-bond acceptors (Lipinski definition) is 6. The first-order valence-electron chi connectivity index (χ1n) is 9.54. The molecule has 0 aromatic heterocycles. The first kappa shape index (κ1) is 18.9. The van der Waals surface area contributed by atoms with Crippen molar-refractivity contribution < 1.29 is 18.9 Å². The highest BCUT2D eigenvalue weighted by atomic mass is 16.5. The fraction of sp³-hybridized carbons (Fsp3) is 0.455. The van der Waals surface area contributed by atoms with Gasteiger partial charge in [0.2, 0.25) is 0 Å². The Balaban J connectivity index is 2.11. The molecule has 2 aromatic carbocycles. The van der Waals surface area contributed by atoms with Crippen molar-refractivity contribution in [2.24, 2.45) is 5.73 Å². The fourth-order valence-corrected chi connectivity index (χ4v) is 4.82. The zero-order chi connectivity index (χ0) is 20.0. The van der Waals surface area contributed by atoms with Crippen LogP contribution in [0.1, 0.15) is 28.3 Å². The average molecular weight is 384 g/mol.